The van der Waals surface area contributed by atoms with Gasteiger partial charge in [-0.05, 0) is 18.9 Å². The van der Waals surface area contributed by atoms with E-state index in [1.165, 1.54) is 6.42 Å². The topological polar surface area (TPSA) is 21.3 Å². The van der Waals surface area contributed by atoms with Gasteiger partial charge in [-0.3, -0.25) is 0 Å². The van der Waals surface area contributed by atoms with E-state index in [4.69, 9.17) is 4.74 Å². The fourth-order valence-electron chi connectivity index (χ4n) is 0.742. The molecule has 0 aliphatic rings. The SMILES string of the molecule is CC.CCNCCOCCC(C)C.[HH]. The van der Waals surface area contributed by atoms with Crippen molar-refractivity contribution in [1.29, 1.82) is 0 Å². The van der Waals surface area contributed by atoms with Crippen LogP contribution >= 0.6 is 0 Å². The van der Waals surface area contributed by atoms with Gasteiger partial charge in [0.05, 0.1) is 6.61 Å². The Kier molecular flexibility index (Phi) is 17.1. The van der Waals surface area contributed by atoms with Crippen molar-refractivity contribution in [1.82, 2.24) is 5.32 Å². The average Bonchev–Trinajstić information content (AvgIpc) is 2.14. The minimum absolute atomic E-state index is 0. The number of rotatable bonds is 7. The monoisotopic (exact) mass is 191 g/mol. The number of nitrogens with one attached hydrogen (secondary N) is 1. The highest BCUT2D eigenvalue weighted by molar-refractivity contribution is 4.44. The molecule has 1 N–H and O–H groups in total. The third kappa shape index (κ3) is 18.7. The van der Waals surface area contributed by atoms with Crippen LogP contribution in [0.3, 0.4) is 0 Å². The van der Waals surface area contributed by atoms with Crippen molar-refractivity contribution < 1.29 is 6.16 Å². The minimum atomic E-state index is 0. The summed E-state index contributed by atoms with van der Waals surface area (Å²) in [4.78, 5) is 0. The van der Waals surface area contributed by atoms with E-state index in [9.17, 15) is 0 Å². The van der Waals surface area contributed by atoms with Crippen LogP contribution < -0.4 is 5.32 Å². The largest absolute Gasteiger partial charge is 0.380 e. The predicted octanol–water partition coefficient (Wildman–Crippen LogP) is 2.93. The molecule has 0 aromatic rings. The molecule has 13 heavy (non-hydrogen) atoms. The number of likely N-dealkylation sites (N-methyl/N-ethyl adjacent to an activating group) is 1. The highest BCUT2D eigenvalue weighted by Gasteiger charge is 1.92. The van der Waals surface area contributed by atoms with E-state index in [1.807, 2.05) is 13.8 Å². The molecule has 0 aliphatic heterocycles. The molecule has 0 aliphatic carbocycles. The van der Waals surface area contributed by atoms with Gasteiger partial charge in [0.2, 0.25) is 0 Å². The van der Waals surface area contributed by atoms with E-state index in [-0.39, 0.29) is 1.43 Å². The van der Waals surface area contributed by atoms with Crippen LogP contribution in [-0.2, 0) is 4.74 Å². The minimum Gasteiger partial charge on any atom is -0.380 e. The van der Waals surface area contributed by atoms with Gasteiger partial charge >= 0.3 is 0 Å². The fourth-order valence-corrected chi connectivity index (χ4v) is 0.742. The first kappa shape index (κ1) is 15.4. The van der Waals surface area contributed by atoms with Crippen LogP contribution in [-0.4, -0.2) is 26.3 Å². The standard InChI is InChI=1S/C9H21NO.C2H6.H2/c1-4-10-6-8-11-7-5-9(2)3;1-2;/h9-10H,4-8H2,1-3H3;1-2H3;1H. The van der Waals surface area contributed by atoms with E-state index in [2.05, 4.69) is 26.1 Å². The molecule has 0 aromatic carbocycles. The molecule has 0 atom stereocenters. The van der Waals surface area contributed by atoms with Gasteiger partial charge in [0, 0.05) is 14.6 Å². The molecule has 0 spiro atoms. The van der Waals surface area contributed by atoms with Crippen LogP contribution in [0.4, 0.5) is 0 Å². The molecule has 84 valence electrons. The Balaban J connectivity index is -0.000000376. The summed E-state index contributed by atoms with van der Waals surface area (Å²) in [5, 5.41) is 3.21. The van der Waals surface area contributed by atoms with Crippen molar-refractivity contribution in [3.63, 3.8) is 0 Å². The van der Waals surface area contributed by atoms with Gasteiger partial charge < -0.3 is 10.1 Å². The highest BCUT2D eigenvalue weighted by atomic mass is 16.5. The van der Waals surface area contributed by atoms with E-state index < -0.39 is 0 Å². The highest BCUT2D eigenvalue weighted by Crippen LogP contribution is 1.97. The smallest absolute Gasteiger partial charge is 0.0590 e. The van der Waals surface area contributed by atoms with Crippen LogP contribution in [0.1, 0.15) is 42.5 Å². The van der Waals surface area contributed by atoms with E-state index in [1.54, 1.807) is 0 Å². The molecule has 0 unspecified atom stereocenters. The molecule has 2 nitrogen and oxygen atoms in total. The molecule has 0 aromatic heterocycles. The maximum atomic E-state index is 5.38. The third-order valence-electron chi connectivity index (χ3n) is 1.51. The van der Waals surface area contributed by atoms with Gasteiger partial charge in [0.15, 0.2) is 0 Å². The summed E-state index contributed by atoms with van der Waals surface area (Å²) in [6.45, 7) is 14.3. The molecule has 0 amide bonds. The average molecular weight is 191 g/mol. The van der Waals surface area contributed by atoms with Crippen molar-refractivity contribution in [2.24, 2.45) is 5.92 Å². The quantitative estimate of drug-likeness (QED) is 0.625. The second-order valence-corrected chi connectivity index (χ2v) is 3.15. The number of hydrogen-bond acceptors (Lipinski definition) is 2. The summed E-state index contributed by atoms with van der Waals surface area (Å²) >= 11 is 0. The zero-order valence-corrected chi connectivity index (χ0v) is 10.0. The molecule has 0 radical (unpaired) electrons. The molecular weight excluding hydrogens is 162 g/mol. The van der Waals surface area contributed by atoms with Gasteiger partial charge in [-0.2, -0.15) is 0 Å². The summed E-state index contributed by atoms with van der Waals surface area (Å²) < 4.78 is 5.38. The van der Waals surface area contributed by atoms with Crippen LogP contribution in [0.15, 0.2) is 0 Å². The molecule has 0 saturated carbocycles. The van der Waals surface area contributed by atoms with Crippen LogP contribution in [0.25, 0.3) is 0 Å². The fraction of sp³-hybridized carbons (Fsp3) is 1.00. The van der Waals surface area contributed by atoms with Gasteiger partial charge in [-0.25, -0.2) is 0 Å². The van der Waals surface area contributed by atoms with Crippen molar-refractivity contribution >= 4 is 0 Å². The Hall–Kier alpha value is -0.0800. The van der Waals surface area contributed by atoms with Gasteiger partial charge in [0.1, 0.15) is 0 Å². The van der Waals surface area contributed by atoms with Crippen LogP contribution in [0.5, 0.6) is 0 Å². The second-order valence-electron chi connectivity index (χ2n) is 3.15. The molecule has 0 saturated heterocycles. The Morgan fingerprint density at radius 1 is 1.23 bits per heavy atom. The van der Waals surface area contributed by atoms with Gasteiger partial charge in [-0.15, -0.1) is 0 Å². The maximum absolute atomic E-state index is 5.38. The lowest BCUT2D eigenvalue weighted by molar-refractivity contribution is 0.125. The predicted molar refractivity (Wildman–Crippen MR) is 62.3 cm³/mol. The van der Waals surface area contributed by atoms with E-state index in [0.717, 1.165) is 32.2 Å². The molecule has 0 heterocycles. The van der Waals surface area contributed by atoms with Gasteiger partial charge in [-0.1, -0.05) is 34.6 Å². The zero-order valence-electron chi connectivity index (χ0n) is 10.0. The molecular formula is C11H29NO. The number of ether oxygens (including phenoxy) is 1. The summed E-state index contributed by atoms with van der Waals surface area (Å²) in [6, 6.07) is 0. The van der Waals surface area contributed by atoms with Crippen molar-refractivity contribution in [3.8, 4) is 0 Å². The number of hydrogen-bond donors (Lipinski definition) is 1. The maximum Gasteiger partial charge on any atom is 0.0590 e. The lowest BCUT2D eigenvalue weighted by Gasteiger charge is -2.06. The first-order valence-electron chi connectivity index (χ1n) is 5.55. The first-order valence-corrected chi connectivity index (χ1v) is 5.55. The molecule has 0 rings (SSSR count). The summed E-state index contributed by atoms with van der Waals surface area (Å²) in [6.07, 6.45) is 1.17. The normalized spacial score (nSPS) is 9.69. The van der Waals surface area contributed by atoms with E-state index >= 15 is 0 Å². The summed E-state index contributed by atoms with van der Waals surface area (Å²) in [5.41, 5.74) is 0. The Morgan fingerprint density at radius 2 is 1.85 bits per heavy atom. The van der Waals surface area contributed by atoms with Gasteiger partial charge in [0.25, 0.3) is 0 Å². The van der Waals surface area contributed by atoms with Crippen molar-refractivity contribution in [2.75, 3.05) is 26.3 Å². The summed E-state index contributed by atoms with van der Waals surface area (Å²) in [5.74, 6) is 0.758. The zero-order chi connectivity index (χ0) is 10.5. The third-order valence-corrected chi connectivity index (χ3v) is 1.51. The Morgan fingerprint density at radius 3 is 2.31 bits per heavy atom. The van der Waals surface area contributed by atoms with Crippen molar-refractivity contribution in [2.45, 2.75) is 41.0 Å². The Bertz CT molecular complexity index is 79.7. The lowest BCUT2D eigenvalue weighted by Crippen LogP contribution is -2.19. The van der Waals surface area contributed by atoms with E-state index in [0.29, 0.717) is 0 Å². The second kappa shape index (κ2) is 14.4. The summed E-state index contributed by atoms with van der Waals surface area (Å²) in [7, 11) is 0. The van der Waals surface area contributed by atoms with Crippen LogP contribution in [0.2, 0.25) is 0 Å². The van der Waals surface area contributed by atoms with Crippen molar-refractivity contribution in [3.05, 3.63) is 0 Å². The lowest BCUT2D eigenvalue weighted by atomic mass is 10.1. The Labute approximate surface area is 85.5 Å². The molecule has 0 fully saturated rings. The van der Waals surface area contributed by atoms with Crippen LogP contribution in [0, 0.1) is 5.92 Å². The molecule has 0 bridgehead atoms. The first-order chi connectivity index (χ1) is 6.27. The molecule has 2 heteroatoms.